The van der Waals surface area contributed by atoms with E-state index >= 15 is 0 Å². The molecule has 1 N–H and O–H groups in total. The van der Waals surface area contributed by atoms with E-state index in [2.05, 4.69) is 37.8 Å². The van der Waals surface area contributed by atoms with E-state index < -0.39 is 0 Å². The molecule has 0 aliphatic heterocycles. The summed E-state index contributed by atoms with van der Waals surface area (Å²) in [7, 11) is 0. The lowest BCUT2D eigenvalue weighted by Gasteiger charge is -2.28. The van der Waals surface area contributed by atoms with Crippen molar-refractivity contribution in [1.82, 2.24) is 0 Å². The van der Waals surface area contributed by atoms with Crippen LogP contribution in [0.25, 0.3) is 5.57 Å². The molecule has 1 fully saturated rings. The van der Waals surface area contributed by atoms with Crippen LogP contribution >= 0.6 is 0 Å². The third-order valence-corrected chi connectivity index (χ3v) is 3.69. The van der Waals surface area contributed by atoms with Gasteiger partial charge in [-0.25, -0.2) is 0 Å². The van der Waals surface area contributed by atoms with Gasteiger partial charge >= 0.3 is 0 Å². The quantitative estimate of drug-likeness (QED) is 0.575. The Morgan fingerprint density at radius 3 is 2.44 bits per heavy atom. The molecule has 1 aromatic rings. The third kappa shape index (κ3) is 3.04. The molecule has 1 aromatic carbocycles. The molecular formula is C17H22O. The molecule has 0 radical (unpaired) electrons. The SMILES string of the molecule is C=C(O)/C=C(/c1ccc(CCC)cc1)C1CCC1. The third-order valence-electron chi connectivity index (χ3n) is 3.69. The van der Waals surface area contributed by atoms with Crippen LogP contribution in [0.5, 0.6) is 0 Å². The fourth-order valence-corrected chi connectivity index (χ4v) is 2.49. The highest BCUT2D eigenvalue weighted by Crippen LogP contribution is 2.39. The highest BCUT2D eigenvalue weighted by atomic mass is 16.3. The van der Waals surface area contributed by atoms with E-state index in [1.54, 1.807) is 0 Å². The number of aliphatic hydroxyl groups is 1. The fraction of sp³-hybridized carbons (Fsp3) is 0.412. The molecule has 0 saturated heterocycles. The highest BCUT2D eigenvalue weighted by Gasteiger charge is 2.22. The molecule has 1 nitrogen and oxygen atoms in total. The van der Waals surface area contributed by atoms with Crippen molar-refractivity contribution in [3.63, 3.8) is 0 Å². The topological polar surface area (TPSA) is 20.2 Å². The Morgan fingerprint density at radius 2 is 2.00 bits per heavy atom. The molecule has 0 unspecified atom stereocenters. The lowest BCUT2D eigenvalue weighted by atomic mass is 9.76. The lowest BCUT2D eigenvalue weighted by Crippen LogP contribution is -2.13. The van der Waals surface area contributed by atoms with E-state index in [-0.39, 0.29) is 5.76 Å². The van der Waals surface area contributed by atoms with Crippen LogP contribution in [-0.4, -0.2) is 5.11 Å². The molecule has 0 spiro atoms. The number of benzene rings is 1. The van der Waals surface area contributed by atoms with E-state index in [1.165, 1.54) is 42.4 Å². The Bertz CT molecular complexity index is 435. The first kappa shape index (κ1) is 12.9. The fourth-order valence-electron chi connectivity index (χ4n) is 2.49. The van der Waals surface area contributed by atoms with Gasteiger partial charge in [-0.3, -0.25) is 0 Å². The van der Waals surface area contributed by atoms with Crippen molar-refractivity contribution in [2.75, 3.05) is 0 Å². The zero-order valence-electron chi connectivity index (χ0n) is 11.2. The van der Waals surface area contributed by atoms with Crippen LogP contribution in [0.1, 0.15) is 43.7 Å². The molecule has 1 saturated carbocycles. The molecule has 0 amide bonds. The molecular weight excluding hydrogens is 220 g/mol. The first-order valence-corrected chi connectivity index (χ1v) is 6.89. The largest absolute Gasteiger partial charge is 0.509 e. The molecule has 0 bridgehead atoms. The van der Waals surface area contributed by atoms with Gasteiger partial charge in [0, 0.05) is 0 Å². The van der Waals surface area contributed by atoms with Crippen LogP contribution in [0.3, 0.4) is 0 Å². The maximum atomic E-state index is 9.42. The van der Waals surface area contributed by atoms with Gasteiger partial charge in [0.15, 0.2) is 0 Å². The molecule has 18 heavy (non-hydrogen) atoms. The maximum Gasteiger partial charge on any atom is 0.108 e. The van der Waals surface area contributed by atoms with Gasteiger partial charge in [0.05, 0.1) is 0 Å². The van der Waals surface area contributed by atoms with Crippen molar-refractivity contribution in [1.29, 1.82) is 0 Å². The average Bonchev–Trinajstić information content (AvgIpc) is 2.27. The number of hydrogen-bond acceptors (Lipinski definition) is 1. The summed E-state index contributed by atoms with van der Waals surface area (Å²) in [5.41, 5.74) is 3.86. The van der Waals surface area contributed by atoms with Crippen LogP contribution in [0.15, 0.2) is 42.7 Å². The molecule has 0 heterocycles. The summed E-state index contributed by atoms with van der Waals surface area (Å²) >= 11 is 0. The molecule has 0 aromatic heterocycles. The van der Waals surface area contributed by atoms with E-state index in [9.17, 15) is 5.11 Å². The second-order valence-corrected chi connectivity index (χ2v) is 5.17. The second kappa shape index (κ2) is 5.90. The number of rotatable bonds is 5. The van der Waals surface area contributed by atoms with Gasteiger partial charge < -0.3 is 5.11 Å². The van der Waals surface area contributed by atoms with Crippen molar-refractivity contribution in [2.24, 2.45) is 5.92 Å². The predicted octanol–water partition coefficient (Wildman–Crippen LogP) is 4.89. The molecule has 1 aliphatic carbocycles. The van der Waals surface area contributed by atoms with Crippen molar-refractivity contribution in [2.45, 2.75) is 39.0 Å². The summed E-state index contributed by atoms with van der Waals surface area (Å²) in [6.45, 7) is 5.79. The monoisotopic (exact) mass is 242 g/mol. The predicted molar refractivity (Wildman–Crippen MR) is 77.5 cm³/mol. The zero-order valence-corrected chi connectivity index (χ0v) is 11.2. The summed E-state index contributed by atoms with van der Waals surface area (Å²) in [6.07, 6.45) is 7.91. The van der Waals surface area contributed by atoms with Gasteiger partial charge in [-0.1, -0.05) is 50.6 Å². The summed E-state index contributed by atoms with van der Waals surface area (Å²) in [5.74, 6) is 0.764. The van der Waals surface area contributed by atoms with E-state index in [1.807, 2.05) is 6.08 Å². The number of hydrogen-bond donors (Lipinski definition) is 1. The number of aryl methyl sites for hydroxylation is 1. The van der Waals surface area contributed by atoms with Gasteiger partial charge in [0.1, 0.15) is 5.76 Å². The first-order chi connectivity index (χ1) is 8.70. The Morgan fingerprint density at radius 1 is 1.33 bits per heavy atom. The summed E-state index contributed by atoms with van der Waals surface area (Å²) in [5, 5.41) is 9.42. The van der Waals surface area contributed by atoms with E-state index in [0.29, 0.717) is 5.92 Å². The Balaban J connectivity index is 2.22. The maximum absolute atomic E-state index is 9.42. The van der Waals surface area contributed by atoms with Crippen LogP contribution < -0.4 is 0 Å². The molecule has 2 rings (SSSR count). The highest BCUT2D eigenvalue weighted by molar-refractivity contribution is 5.70. The lowest BCUT2D eigenvalue weighted by molar-refractivity contribution is 0.396. The number of aliphatic hydroxyl groups excluding tert-OH is 1. The molecule has 0 atom stereocenters. The summed E-state index contributed by atoms with van der Waals surface area (Å²) < 4.78 is 0. The standard InChI is InChI=1S/C17H22O/c1-3-5-14-8-10-16(11-9-14)17(12-13(2)18)15-6-4-7-15/h8-12,15,18H,2-7H2,1H3/b17-12+. The van der Waals surface area contributed by atoms with Crippen molar-refractivity contribution < 1.29 is 5.11 Å². The van der Waals surface area contributed by atoms with Crippen LogP contribution in [0, 0.1) is 5.92 Å². The second-order valence-electron chi connectivity index (χ2n) is 5.17. The van der Waals surface area contributed by atoms with Gasteiger partial charge in [0.2, 0.25) is 0 Å². The van der Waals surface area contributed by atoms with E-state index in [0.717, 1.165) is 6.42 Å². The van der Waals surface area contributed by atoms with E-state index in [4.69, 9.17) is 0 Å². The Labute approximate surface area is 110 Å². The van der Waals surface area contributed by atoms with Crippen LogP contribution in [-0.2, 0) is 6.42 Å². The van der Waals surface area contributed by atoms with Gasteiger partial charge in [0.25, 0.3) is 0 Å². The van der Waals surface area contributed by atoms with Crippen molar-refractivity contribution in [3.05, 3.63) is 53.8 Å². The summed E-state index contributed by atoms with van der Waals surface area (Å²) in [6, 6.07) is 8.76. The minimum Gasteiger partial charge on any atom is -0.509 e. The minimum atomic E-state index is 0.162. The smallest absolute Gasteiger partial charge is 0.108 e. The molecule has 96 valence electrons. The average molecular weight is 242 g/mol. The van der Waals surface area contributed by atoms with Crippen molar-refractivity contribution >= 4 is 5.57 Å². The van der Waals surface area contributed by atoms with Gasteiger partial charge in [-0.05, 0) is 48.0 Å². The molecule has 1 aliphatic rings. The van der Waals surface area contributed by atoms with Crippen molar-refractivity contribution in [3.8, 4) is 0 Å². The Hall–Kier alpha value is -1.50. The zero-order chi connectivity index (χ0) is 13.0. The summed E-state index contributed by atoms with van der Waals surface area (Å²) in [4.78, 5) is 0. The molecule has 1 heteroatoms. The van der Waals surface area contributed by atoms with Crippen LogP contribution in [0.2, 0.25) is 0 Å². The van der Waals surface area contributed by atoms with Gasteiger partial charge in [-0.15, -0.1) is 0 Å². The minimum absolute atomic E-state index is 0.162. The Kier molecular flexibility index (Phi) is 4.24. The first-order valence-electron chi connectivity index (χ1n) is 6.89. The normalized spacial score (nSPS) is 16.4. The van der Waals surface area contributed by atoms with Crippen LogP contribution in [0.4, 0.5) is 0 Å². The van der Waals surface area contributed by atoms with Gasteiger partial charge in [-0.2, -0.15) is 0 Å². The number of allylic oxidation sites excluding steroid dienone is 2.